The van der Waals surface area contributed by atoms with E-state index in [0.29, 0.717) is 16.6 Å². The number of rotatable bonds is 1. The second-order valence-electron chi connectivity index (χ2n) is 3.26. The van der Waals surface area contributed by atoms with Crippen molar-refractivity contribution in [2.24, 2.45) is 4.99 Å². The van der Waals surface area contributed by atoms with Crippen molar-refractivity contribution in [2.45, 2.75) is 6.18 Å². The zero-order chi connectivity index (χ0) is 12.5. The van der Waals surface area contributed by atoms with Crippen molar-refractivity contribution in [3.8, 4) is 0 Å². The van der Waals surface area contributed by atoms with Crippen LogP contribution in [0.25, 0.3) is 10.9 Å². The van der Waals surface area contributed by atoms with Gasteiger partial charge in [-0.2, -0.15) is 18.2 Å². The second-order valence-corrected chi connectivity index (χ2v) is 3.45. The molecule has 0 amide bonds. The summed E-state index contributed by atoms with van der Waals surface area (Å²) in [5.74, 6) is 0. The zero-order valence-corrected chi connectivity index (χ0v) is 9.14. The average Bonchev–Trinajstić information content (AvgIpc) is 2.28. The maximum atomic E-state index is 12.5. The van der Waals surface area contributed by atoms with Crippen molar-refractivity contribution in [3.05, 3.63) is 36.0 Å². The molecule has 0 unspecified atom stereocenters. The molecular formula is C11H5F3N2S. The third-order valence-corrected chi connectivity index (χ3v) is 2.30. The lowest BCUT2D eigenvalue weighted by Crippen LogP contribution is -2.04. The fourth-order valence-corrected chi connectivity index (χ4v) is 1.55. The highest BCUT2D eigenvalue weighted by molar-refractivity contribution is 7.78. The minimum Gasteiger partial charge on any atom is -0.256 e. The minimum atomic E-state index is -4.39. The van der Waals surface area contributed by atoms with Crippen LogP contribution in [-0.4, -0.2) is 10.1 Å². The van der Waals surface area contributed by atoms with Gasteiger partial charge in [-0.15, -0.1) is 0 Å². The van der Waals surface area contributed by atoms with Gasteiger partial charge in [0.25, 0.3) is 0 Å². The van der Waals surface area contributed by atoms with Gasteiger partial charge in [0.05, 0.1) is 21.9 Å². The smallest absolute Gasteiger partial charge is 0.256 e. The lowest BCUT2D eigenvalue weighted by molar-refractivity contribution is -0.137. The SMILES string of the molecule is FC(F)(F)c1ccc2nccc(N=C=S)c2c1. The van der Waals surface area contributed by atoms with Gasteiger partial charge >= 0.3 is 6.18 Å². The van der Waals surface area contributed by atoms with Crippen molar-refractivity contribution in [1.29, 1.82) is 0 Å². The summed E-state index contributed by atoms with van der Waals surface area (Å²) in [6, 6.07) is 4.79. The van der Waals surface area contributed by atoms with Crippen LogP contribution in [0.2, 0.25) is 0 Å². The fraction of sp³-hybridized carbons (Fsp3) is 0.0909. The number of pyridine rings is 1. The zero-order valence-electron chi connectivity index (χ0n) is 8.32. The lowest BCUT2D eigenvalue weighted by Gasteiger charge is -2.08. The van der Waals surface area contributed by atoms with Crippen molar-refractivity contribution in [3.63, 3.8) is 0 Å². The number of benzene rings is 1. The molecule has 0 aliphatic carbocycles. The molecule has 0 spiro atoms. The molecule has 2 nitrogen and oxygen atoms in total. The fourth-order valence-electron chi connectivity index (χ4n) is 1.45. The van der Waals surface area contributed by atoms with Gasteiger partial charge in [-0.1, -0.05) is 0 Å². The maximum absolute atomic E-state index is 12.5. The van der Waals surface area contributed by atoms with Gasteiger partial charge < -0.3 is 0 Å². The minimum absolute atomic E-state index is 0.305. The quantitative estimate of drug-likeness (QED) is 0.568. The van der Waals surface area contributed by atoms with Crippen LogP contribution in [0.3, 0.4) is 0 Å². The number of aromatic nitrogens is 1. The average molecular weight is 254 g/mol. The van der Waals surface area contributed by atoms with Crippen molar-refractivity contribution in [1.82, 2.24) is 4.98 Å². The number of aliphatic imine (C=N–C) groups is 1. The van der Waals surface area contributed by atoms with E-state index >= 15 is 0 Å². The molecule has 0 aliphatic rings. The Morgan fingerprint density at radius 1 is 1.24 bits per heavy atom. The van der Waals surface area contributed by atoms with E-state index in [1.807, 2.05) is 0 Å². The molecule has 86 valence electrons. The van der Waals surface area contributed by atoms with Crippen molar-refractivity contribution >= 4 is 34.0 Å². The Balaban J connectivity index is 2.74. The van der Waals surface area contributed by atoms with E-state index in [9.17, 15) is 13.2 Å². The first kappa shape index (κ1) is 11.7. The molecule has 1 aromatic heterocycles. The summed E-state index contributed by atoms with van der Waals surface area (Å²) >= 11 is 4.44. The molecule has 1 heterocycles. The predicted molar refractivity (Wildman–Crippen MR) is 61.4 cm³/mol. The van der Waals surface area contributed by atoms with E-state index < -0.39 is 11.7 Å². The molecular weight excluding hydrogens is 249 g/mol. The third kappa shape index (κ3) is 2.33. The molecule has 2 rings (SSSR count). The highest BCUT2D eigenvalue weighted by atomic mass is 32.1. The molecule has 2 aromatic rings. The highest BCUT2D eigenvalue weighted by Crippen LogP contribution is 2.33. The number of nitrogens with zero attached hydrogens (tertiary/aromatic N) is 2. The van der Waals surface area contributed by atoms with Crippen LogP contribution in [-0.2, 0) is 6.18 Å². The first-order valence-electron chi connectivity index (χ1n) is 4.56. The van der Waals surface area contributed by atoms with Crippen LogP contribution in [0.5, 0.6) is 0 Å². The Kier molecular flexibility index (Phi) is 2.92. The van der Waals surface area contributed by atoms with E-state index in [2.05, 4.69) is 27.4 Å². The molecule has 6 heteroatoms. The Bertz CT molecular complexity index is 616. The van der Waals surface area contributed by atoms with E-state index in [1.165, 1.54) is 18.3 Å². The first-order valence-corrected chi connectivity index (χ1v) is 4.97. The molecule has 0 aliphatic heterocycles. The monoisotopic (exact) mass is 254 g/mol. The Hall–Kier alpha value is -1.78. The van der Waals surface area contributed by atoms with Gasteiger partial charge in [-0.25, -0.2) is 0 Å². The molecule has 0 saturated carbocycles. The summed E-state index contributed by atoms with van der Waals surface area (Å²) in [6.07, 6.45) is -2.93. The number of isothiocyanates is 1. The molecule has 0 saturated heterocycles. The normalized spacial score (nSPS) is 11.2. The second kappa shape index (κ2) is 4.24. The summed E-state index contributed by atoms with van der Waals surface area (Å²) < 4.78 is 37.6. The van der Waals surface area contributed by atoms with Gasteiger partial charge in [0.2, 0.25) is 0 Å². The molecule has 0 atom stereocenters. The van der Waals surface area contributed by atoms with E-state index in [-0.39, 0.29) is 0 Å². The van der Waals surface area contributed by atoms with Gasteiger partial charge in [0.15, 0.2) is 0 Å². The molecule has 0 fully saturated rings. The molecule has 0 N–H and O–H groups in total. The van der Waals surface area contributed by atoms with Crippen LogP contribution >= 0.6 is 12.2 Å². The van der Waals surface area contributed by atoms with Gasteiger partial charge in [0.1, 0.15) is 0 Å². The van der Waals surface area contributed by atoms with Crippen LogP contribution in [0, 0.1) is 0 Å². The molecule has 17 heavy (non-hydrogen) atoms. The summed E-state index contributed by atoms with van der Waals surface area (Å²) in [6.45, 7) is 0. The Morgan fingerprint density at radius 2 is 2.00 bits per heavy atom. The number of halogens is 3. The summed E-state index contributed by atoms with van der Waals surface area (Å²) in [4.78, 5) is 7.67. The number of hydrogen-bond acceptors (Lipinski definition) is 3. The molecule has 1 aromatic carbocycles. The predicted octanol–water partition coefficient (Wildman–Crippen LogP) is 3.99. The van der Waals surface area contributed by atoms with Crippen LogP contribution in [0.15, 0.2) is 35.5 Å². The third-order valence-electron chi connectivity index (χ3n) is 2.21. The lowest BCUT2D eigenvalue weighted by atomic mass is 10.1. The summed E-state index contributed by atoms with van der Waals surface area (Å²) in [5, 5.41) is 2.44. The van der Waals surface area contributed by atoms with Crippen LogP contribution in [0.1, 0.15) is 5.56 Å². The standard InChI is InChI=1S/C11H5F3N2S/c12-11(13,14)7-1-2-9-8(5-7)10(16-6-17)3-4-15-9/h1-5H. The van der Waals surface area contributed by atoms with Gasteiger partial charge in [-0.05, 0) is 36.5 Å². The van der Waals surface area contributed by atoms with Crippen molar-refractivity contribution < 1.29 is 13.2 Å². The van der Waals surface area contributed by atoms with Crippen LogP contribution < -0.4 is 0 Å². The van der Waals surface area contributed by atoms with Crippen LogP contribution in [0.4, 0.5) is 18.9 Å². The van der Waals surface area contributed by atoms with E-state index in [1.54, 1.807) is 0 Å². The summed E-state index contributed by atoms with van der Waals surface area (Å²) in [5.41, 5.74) is 0.0272. The largest absolute Gasteiger partial charge is 0.416 e. The van der Waals surface area contributed by atoms with E-state index in [0.717, 1.165) is 12.1 Å². The summed E-state index contributed by atoms with van der Waals surface area (Å²) in [7, 11) is 0. The Labute approximate surface area is 99.8 Å². The van der Waals surface area contributed by atoms with Gasteiger partial charge in [-0.3, -0.25) is 4.98 Å². The van der Waals surface area contributed by atoms with E-state index in [4.69, 9.17) is 0 Å². The Morgan fingerprint density at radius 3 is 2.65 bits per heavy atom. The van der Waals surface area contributed by atoms with Crippen molar-refractivity contribution in [2.75, 3.05) is 0 Å². The topological polar surface area (TPSA) is 25.2 Å². The number of fused-ring (bicyclic) bond motifs is 1. The number of hydrogen-bond donors (Lipinski definition) is 0. The molecule has 0 radical (unpaired) electrons. The number of alkyl halides is 3. The van der Waals surface area contributed by atoms with Gasteiger partial charge in [0, 0.05) is 11.6 Å². The molecule has 0 bridgehead atoms. The maximum Gasteiger partial charge on any atom is 0.416 e. The first-order chi connectivity index (χ1) is 8.02. The highest BCUT2D eigenvalue weighted by Gasteiger charge is 2.30. The number of thiocarbonyl (C=S) groups is 1.